The van der Waals surface area contributed by atoms with Crippen molar-refractivity contribution in [2.75, 3.05) is 18.1 Å². The Morgan fingerprint density at radius 1 is 0.889 bits per heavy atom. The van der Waals surface area contributed by atoms with Crippen LogP contribution in [-0.2, 0) is 4.79 Å². The molecule has 0 saturated carbocycles. The molecule has 1 unspecified atom stereocenters. The number of hydrogen-bond donors (Lipinski definition) is 0. The molecule has 2 heterocycles. The van der Waals surface area contributed by atoms with E-state index in [0.29, 0.717) is 19.0 Å². The predicted molar refractivity (Wildman–Crippen MR) is 155 cm³/mol. The second-order valence-electron chi connectivity index (χ2n) is 9.05. The number of carbonyl (C=O) groups excluding carboxylic acids is 1. The molecular formula is C30H30BrN2O2P. The number of rotatable bonds is 6. The molecule has 0 N–H and O–H groups in total. The van der Waals surface area contributed by atoms with E-state index in [-0.39, 0.29) is 11.6 Å². The third-order valence-electron chi connectivity index (χ3n) is 7.18. The Labute approximate surface area is 221 Å². The zero-order valence-corrected chi connectivity index (χ0v) is 23.0. The number of carbonyl (C=O) groups is 1. The van der Waals surface area contributed by atoms with E-state index in [9.17, 15) is 4.79 Å². The van der Waals surface area contributed by atoms with Gasteiger partial charge in [-0.25, -0.2) is 0 Å². The Hall–Kier alpha value is -3.01. The summed E-state index contributed by atoms with van der Waals surface area (Å²) in [5.41, 5.74) is 0.891. The SMILES string of the molecule is CCN(C(C)=O)c1ccc2c(n1)C(P(Br)(c1ccccc1)(c1ccccc1)c1ccccc1)CCO2. The summed E-state index contributed by atoms with van der Waals surface area (Å²) in [5, 5.41) is 0.388. The van der Waals surface area contributed by atoms with Gasteiger partial charge in [0.05, 0.1) is 0 Å². The average Bonchev–Trinajstić information content (AvgIpc) is 2.94. The average molecular weight is 561 g/mol. The number of hydrogen-bond acceptors (Lipinski definition) is 3. The molecule has 0 saturated heterocycles. The Bertz CT molecular complexity index is 1270. The topological polar surface area (TPSA) is 42.4 Å². The number of amides is 1. The van der Waals surface area contributed by atoms with E-state index in [0.717, 1.165) is 17.9 Å². The van der Waals surface area contributed by atoms with Gasteiger partial charge in [0.1, 0.15) is 0 Å². The van der Waals surface area contributed by atoms with Gasteiger partial charge in [-0.3, -0.25) is 0 Å². The molecule has 4 aromatic rings. The van der Waals surface area contributed by atoms with Crippen LogP contribution >= 0.6 is 20.8 Å². The Balaban J connectivity index is 1.89. The first kappa shape index (κ1) is 24.7. The summed E-state index contributed by atoms with van der Waals surface area (Å²) in [4.78, 5) is 19.3. The third kappa shape index (κ3) is 3.77. The first-order valence-corrected chi connectivity index (χ1v) is 16.6. The molecule has 1 aliphatic heterocycles. The first-order chi connectivity index (χ1) is 17.5. The van der Waals surface area contributed by atoms with E-state index in [4.69, 9.17) is 9.72 Å². The van der Waals surface area contributed by atoms with Gasteiger partial charge in [-0.1, -0.05) is 0 Å². The molecule has 1 aliphatic rings. The standard InChI is InChI=1S/C30H30BrN2O2P/c1-3-33(23(2)34)29-20-19-27-30(32-29)28(21-22-35-27)36(31,24-13-7-4-8-14-24,25-15-9-5-10-16-25)26-17-11-6-12-18-26/h4-20,28H,3,21-22H2,1-2H3. The maximum absolute atomic E-state index is 12.4. The Morgan fingerprint density at radius 2 is 1.39 bits per heavy atom. The van der Waals surface area contributed by atoms with Gasteiger partial charge < -0.3 is 0 Å². The monoisotopic (exact) mass is 560 g/mol. The number of benzene rings is 3. The van der Waals surface area contributed by atoms with Gasteiger partial charge >= 0.3 is 221 Å². The molecule has 1 atom stereocenters. The molecule has 0 bridgehead atoms. The van der Waals surface area contributed by atoms with Crippen LogP contribution in [0.15, 0.2) is 103 Å². The van der Waals surface area contributed by atoms with Gasteiger partial charge in [-0.15, -0.1) is 0 Å². The van der Waals surface area contributed by atoms with Gasteiger partial charge in [-0.2, -0.15) is 0 Å². The minimum atomic E-state index is -3.33. The van der Waals surface area contributed by atoms with Crippen molar-refractivity contribution in [1.29, 1.82) is 0 Å². The number of ether oxygens (including phenoxy) is 1. The number of halogens is 1. The van der Waals surface area contributed by atoms with Gasteiger partial charge in [0, 0.05) is 0 Å². The van der Waals surface area contributed by atoms with Crippen molar-refractivity contribution in [3.05, 3.63) is 109 Å². The zero-order chi connectivity index (χ0) is 25.2. The Kier molecular flexibility index (Phi) is 6.72. The van der Waals surface area contributed by atoms with Gasteiger partial charge in [0.2, 0.25) is 0 Å². The minimum absolute atomic E-state index is 0.00226. The number of anilines is 1. The third-order valence-corrected chi connectivity index (χ3v) is 17.9. The molecule has 36 heavy (non-hydrogen) atoms. The second kappa shape index (κ2) is 9.80. The van der Waals surface area contributed by atoms with Crippen LogP contribution in [-0.4, -0.2) is 24.0 Å². The van der Waals surface area contributed by atoms with Crippen LogP contribution in [0, 0.1) is 0 Å². The summed E-state index contributed by atoms with van der Waals surface area (Å²) in [6.45, 7) is 4.71. The van der Waals surface area contributed by atoms with Crippen molar-refractivity contribution in [3.8, 4) is 5.75 Å². The molecule has 3 aromatic carbocycles. The van der Waals surface area contributed by atoms with E-state index >= 15 is 0 Å². The van der Waals surface area contributed by atoms with Crippen molar-refractivity contribution < 1.29 is 9.53 Å². The maximum atomic E-state index is 12.4. The molecule has 0 radical (unpaired) electrons. The summed E-state index contributed by atoms with van der Waals surface area (Å²) in [6.07, 6.45) is 0.789. The fourth-order valence-corrected chi connectivity index (χ4v) is 14.3. The van der Waals surface area contributed by atoms with Crippen LogP contribution in [0.2, 0.25) is 0 Å². The van der Waals surface area contributed by atoms with Crippen molar-refractivity contribution >= 4 is 48.4 Å². The van der Waals surface area contributed by atoms with E-state index < -0.39 is 5.31 Å². The fraction of sp³-hybridized carbons (Fsp3) is 0.200. The molecule has 6 heteroatoms. The van der Waals surface area contributed by atoms with Crippen LogP contribution in [0.4, 0.5) is 5.82 Å². The molecule has 184 valence electrons. The van der Waals surface area contributed by atoms with Crippen LogP contribution in [0.3, 0.4) is 0 Å². The summed E-state index contributed by atoms with van der Waals surface area (Å²) < 4.78 is 6.16. The molecule has 1 aromatic heterocycles. The fourth-order valence-electron chi connectivity index (χ4n) is 5.54. The molecule has 0 spiro atoms. The van der Waals surface area contributed by atoms with Crippen molar-refractivity contribution in [2.24, 2.45) is 0 Å². The van der Waals surface area contributed by atoms with Crippen molar-refractivity contribution in [1.82, 2.24) is 4.98 Å². The predicted octanol–water partition coefficient (Wildman–Crippen LogP) is 6.12. The van der Waals surface area contributed by atoms with E-state index in [1.807, 2.05) is 19.1 Å². The summed E-state index contributed by atoms with van der Waals surface area (Å²) in [6, 6.07) is 36.2. The summed E-state index contributed by atoms with van der Waals surface area (Å²) >= 11 is 4.61. The van der Waals surface area contributed by atoms with Gasteiger partial charge in [0.25, 0.3) is 0 Å². The molecule has 4 nitrogen and oxygen atoms in total. The first-order valence-electron chi connectivity index (χ1n) is 12.3. The Morgan fingerprint density at radius 3 is 1.83 bits per heavy atom. The van der Waals surface area contributed by atoms with E-state index in [2.05, 4.69) is 106 Å². The molecular weight excluding hydrogens is 531 g/mol. The molecule has 5 rings (SSSR count). The van der Waals surface area contributed by atoms with Crippen molar-refractivity contribution in [2.45, 2.75) is 25.9 Å². The molecule has 0 aliphatic carbocycles. The van der Waals surface area contributed by atoms with Gasteiger partial charge in [0.15, 0.2) is 0 Å². The van der Waals surface area contributed by atoms with Crippen molar-refractivity contribution in [3.63, 3.8) is 0 Å². The molecule has 0 fully saturated rings. The summed E-state index contributed by atoms with van der Waals surface area (Å²) in [7, 11) is 0. The number of aromatic nitrogens is 1. The zero-order valence-electron chi connectivity index (χ0n) is 20.5. The second-order valence-corrected chi connectivity index (χ2v) is 17.8. The van der Waals surface area contributed by atoms with Crippen LogP contribution in [0.1, 0.15) is 31.6 Å². The summed E-state index contributed by atoms with van der Waals surface area (Å²) in [5.74, 6) is 1.42. The normalized spacial score (nSPS) is 16.2. The van der Waals surface area contributed by atoms with Crippen LogP contribution < -0.4 is 25.6 Å². The van der Waals surface area contributed by atoms with Crippen LogP contribution in [0.25, 0.3) is 0 Å². The number of pyridine rings is 1. The van der Waals surface area contributed by atoms with Crippen LogP contribution in [0.5, 0.6) is 5.75 Å². The van der Waals surface area contributed by atoms with E-state index in [1.165, 1.54) is 15.9 Å². The molecule has 1 amide bonds. The van der Waals surface area contributed by atoms with E-state index in [1.54, 1.807) is 11.8 Å². The number of fused-ring (bicyclic) bond motifs is 1. The van der Waals surface area contributed by atoms with Gasteiger partial charge in [-0.05, 0) is 0 Å². The number of nitrogens with zero attached hydrogens (tertiary/aromatic N) is 2. The quantitative estimate of drug-likeness (QED) is 0.267.